The Balaban J connectivity index is 1.33. The van der Waals surface area contributed by atoms with E-state index in [1.807, 2.05) is 12.1 Å². The molecule has 0 unspecified atom stereocenters. The van der Waals surface area contributed by atoms with Crippen molar-refractivity contribution in [3.8, 4) is 5.75 Å². The number of benzene rings is 1. The molecule has 0 aliphatic carbocycles. The van der Waals surface area contributed by atoms with Gasteiger partial charge in [-0.1, -0.05) is 78.8 Å². The van der Waals surface area contributed by atoms with Gasteiger partial charge in [-0.25, -0.2) is 0 Å². The predicted octanol–water partition coefficient (Wildman–Crippen LogP) is 12.0. The van der Waals surface area contributed by atoms with E-state index < -0.39 is 33.8 Å². The Morgan fingerprint density at radius 2 is 1.55 bits per heavy atom. The van der Waals surface area contributed by atoms with Crippen molar-refractivity contribution in [2.45, 2.75) is 198 Å². The number of unbranched alkanes of at least 4 members (excludes halogenated alkanes) is 2. The van der Waals surface area contributed by atoms with E-state index in [1.165, 1.54) is 0 Å². The van der Waals surface area contributed by atoms with Gasteiger partial charge in [0.1, 0.15) is 11.4 Å². The molecule has 7 nitrogen and oxygen atoms in total. The van der Waals surface area contributed by atoms with Crippen LogP contribution in [0.2, 0.25) is 36.3 Å². The minimum absolute atomic E-state index is 0.0410. The molecule has 2 spiro atoms. The van der Waals surface area contributed by atoms with Gasteiger partial charge < -0.3 is 32.5 Å². The van der Waals surface area contributed by atoms with Crippen LogP contribution in [0.4, 0.5) is 0 Å². The largest absolute Gasteiger partial charge is 0.497 e. The molecule has 302 valence electrons. The van der Waals surface area contributed by atoms with E-state index in [9.17, 15) is 0 Å². The summed E-state index contributed by atoms with van der Waals surface area (Å²) < 4.78 is 46.4. The molecule has 9 heteroatoms. The summed E-state index contributed by atoms with van der Waals surface area (Å²) in [5, 5.41) is 0.284. The van der Waals surface area contributed by atoms with Crippen LogP contribution in [0, 0.1) is 0 Å². The van der Waals surface area contributed by atoms with Crippen molar-refractivity contribution in [1.29, 1.82) is 0 Å². The topological polar surface area (TPSA) is 64.6 Å². The Labute approximate surface area is 326 Å². The smallest absolute Gasteiger partial charge is 0.199 e. The summed E-state index contributed by atoms with van der Waals surface area (Å²) in [5.41, 5.74) is 1.64. The predicted molar refractivity (Wildman–Crippen MR) is 222 cm³/mol. The summed E-state index contributed by atoms with van der Waals surface area (Å²) in [6.07, 6.45) is 16.4. The first-order valence-corrected chi connectivity index (χ1v) is 26.4. The first-order valence-electron chi connectivity index (χ1n) is 20.6. The number of ether oxygens (including phenoxy) is 5. The maximum Gasteiger partial charge on any atom is 0.199 e. The number of hydrogen-bond donors (Lipinski definition) is 0. The minimum Gasteiger partial charge on any atom is -0.497 e. The Morgan fingerprint density at radius 1 is 0.868 bits per heavy atom. The van der Waals surface area contributed by atoms with E-state index >= 15 is 0 Å². The number of rotatable bonds is 17. The molecule has 1 aromatic carbocycles. The van der Waals surface area contributed by atoms with Crippen LogP contribution in [0.3, 0.4) is 0 Å². The highest BCUT2D eigenvalue weighted by Gasteiger charge is 2.65. The van der Waals surface area contributed by atoms with Gasteiger partial charge in [0, 0.05) is 25.9 Å². The average molecular weight is 773 g/mol. The van der Waals surface area contributed by atoms with Crippen LogP contribution in [0.15, 0.2) is 48.6 Å². The average Bonchev–Trinajstić information content (AvgIpc) is 3.42. The van der Waals surface area contributed by atoms with Gasteiger partial charge in [-0.05, 0) is 118 Å². The highest BCUT2D eigenvalue weighted by Crippen LogP contribution is 2.57. The van der Waals surface area contributed by atoms with E-state index in [1.54, 1.807) is 7.11 Å². The van der Waals surface area contributed by atoms with Crippen molar-refractivity contribution in [3.63, 3.8) is 0 Å². The number of methoxy groups -OCH3 is 1. The van der Waals surface area contributed by atoms with Crippen LogP contribution in [0.25, 0.3) is 0 Å². The molecular formula is C44H76O7Si2. The summed E-state index contributed by atoms with van der Waals surface area (Å²) in [4.78, 5) is 0. The van der Waals surface area contributed by atoms with Gasteiger partial charge >= 0.3 is 0 Å². The van der Waals surface area contributed by atoms with Crippen molar-refractivity contribution >= 4 is 16.6 Å². The molecule has 4 rings (SSSR count). The molecule has 5 atom stereocenters. The maximum absolute atomic E-state index is 7.32. The second-order valence-corrected chi connectivity index (χ2v) is 28.9. The first-order chi connectivity index (χ1) is 24.6. The fourth-order valence-electron chi connectivity index (χ4n) is 7.37. The summed E-state index contributed by atoms with van der Waals surface area (Å²) >= 11 is 0. The Bertz CT molecular complexity index is 1350. The zero-order valence-electron chi connectivity index (χ0n) is 35.8. The van der Waals surface area contributed by atoms with Gasteiger partial charge in [-0.3, -0.25) is 0 Å². The van der Waals surface area contributed by atoms with Gasteiger partial charge in [0.25, 0.3) is 0 Å². The lowest BCUT2D eigenvalue weighted by molar-refractivity contribution is -0.399. The Hall–Kier alpha value is -1.31. The van der Waals surface area contributed by atoms with Crippen LogP contribution in [-0.4, -0.2) is 66.3 Å². The van der Waals surface area contributed by atoms with Crippen molar-refractivity contribution in [2.24, 2.45) is 0 Å². The molecule has 0 bridgehead atoms. The van der Waals surface area contributed by atoms with E-state index in [-0.39, 0.29) is 22.3 Å². The molecule has 0 saturated carbocycles. The SMILES string of the molecule is C=C(/C=C/CCCC[C@H]1CCC[C@@]2(CC[C@@]3(O[C@H](CCOCc4ccc(OC)cc4)CC[C@@]3(C)O[Si](C)(C)C(C)(C)C)O2)O1)CO[Si](C)(C)C(C)(C)C. The third-order valence-electron chi connectivity index (χ3n) is 13.0. The molecule has 0 radical (unpaired) electrons. The molecule has 3 fully saturated rings. The summed E-state index contributed by atoms with van der Waals surface area (Å²) in [7, 11) is -2.22. The number of hydrogen-bond acceptors (Lipinski definition) is 7. The van der Waals surface area contributed by atoms with Crippen molar-refractivity contribution in [2.75, 3.05) is 20.3 Å². The lowest BCUT2D eigenvalue weighted by Crippen LogP contribution is -2.65. The zero-order valence-corrected chi connectivity index (χ0v) is 37.8. The molecule has 0 amide bonds. The van der Waals surface area contributed by atoms with Crippen molar-refractivity contribution in [3.05, 3.63) is 54.1 Å². The second-order valence-electron chi connectivity index (χ2n) is 19.4. The third-order valence-corrected chi connectivity index (χ3v) is 22.0. The molecule has 53 heavy (non-hydrogen) atoms. The molecule has 3 aliphatic rings. The zero-order chi connectivity index (χ0) is 39.2. The van der Waals surface area contributed by atoms with Crippen molar-refractivity contribution < 1.29 is 32.5 Å². The molecule has 0 N–H and O–H groups in total. The quantitative estimate of drug-likeness (QED) is 0.0887. The van der Waals surface area contributed by atoms with Crippen LogP contribution >= 0.6 is 0 Å². The standard InChI is InChI=1S/C44H76O7Si2/c1-35(33-47-52(10,11)40(2,3)4)19-16-14-15-17-20-38-21-18-28-43(48-38)30-31-44(50-43)42(8,51-53(12,13)41(5,6)7)29-26-39(49-44)27-32-46-34-36-22-24-37(45-9)25-23-36/h16,19,22-25,38-39H,1,14-15,17-18,20-21,26-34H2,2-13H3/b19-16+/t38-,39-,42+,43+,44+/m0/s1. The normalized spacial score (nSPS) is 28.7. The second kappa shape index (κ2) is 17.9. The highest BCUT2D eigenvalue weighted by molar-refractivity contribution is 6.74. The van der Waals surface area contributed by atoms with E-state index in [0.717, 1.165) is 93.9 Å². The summed E-state index contributed by atoms with van der Waals surface area (Å²) in [6.45, 7) is 31.3. The van der Waals surface area contributed by atoms with E-state index in [0.29, 0.717) is 19.8 Å². The monoisotopic (exact) mass is 773 g/mol. The molecule has 0 aromatic heterocycles. The molecule has 1 aromatic rings. The molecular weight excluding hydrogens is 697 g/mol. The molecule has 3 saturated heterocycles. The van der Waals surface area contributed by atoms with Crippen LogP contribution in [0.5, 0.6) is 5.75 Å². The van der Waals surface area contributed by atoms with Gasteiger partial charge in [0.2, 0.25) is 0 Å². The fourth-order valence-corrected chi connectivity index (χ4v) is 10.0. The highest BCUT2D eigenvalue weighted by atomic mass is 28.4. The van der Waals surface area contributed by atoms with Gasteiger partial charge in [-0.2, -0.15) is 0 Å². The van der Waals surface area contributed by atoms with E-state index in [2.05, 4.69) is 106 Å². The minimum atomic E-state index is -2.14. The third kappa shape index (κ3) is 11.6. The Kier molecular flexibility index (Phi) is 15.0. The van der Waals surface area contributed by atoms with Gasteiger partial charge in [-0.15, -0.1) is 0 Å². The lowest BCUT2D eigenvalue weighted by Gasteiger charge is -2.56. The maximum atomic E-state index is 7.32. The van der Waals surface area contributed by atoms with Crippen LogP contribution < -0.4 is 4.74 Å². The molecule has 3 heterocycles. The van der Waals surface area contributed by atoms with Crippen molar-refractivity contribution in [1.82, 2.24) is 0 Å². The van der Waals surface area contributed by atoms with Gasteiger partial charge in [0.05, 0.1) is 32.5 Å². The van der Waals surface area contributed by atoms with Gasteiger partial charge in [0.15, 0.2) is 28.2 Å². The van der Waals surface area contributed by atoms with Crippen LogP contribution in [0.1, 0.15) is 131 Å². The first kappa shape index (κ1) is 44.4. The van der Waals surface area contributed by atoms with Crippen LogP contribution in [-0.2, 0) is 34.4 Å². The lowest BCUT2D eigenvalue weighted by atomic mass is 9.83. The van der Waals surface area contributed by atoms with E-state index in [4.69, 9.17) is 32.5 Å². The molecule has 3 aliphatic heterocycles. The summed E-state index contributed by atoms with van der Waals surface area (Å²) in [5.74, 6) is -0.602. The summed E-state index contributed by atoms with van der Waals surface area (Å²) in [6, 6.07) is 8.07. The Morgan fingerprint density at radius 3 is 2.21 bits per heavy atom. The number of allylic oxidation sites excluding steroid dienone is 1. The fraction of sp³-hybridized carbons (Fsp3) is 0.773.